The number of methoxy groups -OCH3 is 1. The van der Waals surface area contributed by atoms with Crippen molar-refractivity contribution in [3.63, 3.8) is 0 Å². The minimum absolute atomic E-state index is 0.124. The maximum absolute atomic E-state index is 13.0. The van der Waals surface area contributed by atoms with Gasteiger partial charge in [0, 0.05) is 28.2 Å². The zero-order valence-corrected chi connectivity index (χ0v) is 23.4. The predicted molar refractivity (Wildman–Crippen MR) is 161 cm³/mol. The van der Waals surface area contributed by atoms with Gasteiger partial charge in [0.25, 0.3) is 0 Å². The number of halogens is 1. The molecule has 0 bridgehead atoms. The van der Waals surface area contributed by atoms with Gasteiger partial charge >= 0.3 is 6.09 Å². The lowest BCUT2D eigenvalue weighted by atomic mass is 9.94. The van der Waals surface area contributed by atoms with Crippen LogP contribution in [0, 0.1) is 0 Å². The molecule has 0 aliphatic carbocycles. The van der Waals surface area contributed by atoms with Gasteiger partial charge in [-0.3, -0.25) is 10.1 Å². The maximum atomic E-state index is 13.0. The number of hydrogen-bond acceptors (Lipinski definition) is 6. The third kappa shape index (κ3) is 7.40. The molecule has 0 spiro atoms. The first-order chi connectivity index (χ1) is 19.4. The highest BCUT2D eigenvalue weighted by Crippen LogP contribution is 2.36. The highest BCUT2D eigenvalue weighted by molar-refractivity contribution is 9.10. The standard InChI is InChI=1S/C31H30BrN3O5/c1-39-28(12-6-7-13-29(37)35-26-11-5-4-10-25(26)33)30(40-31(38)34-21-16-14-20(32)15-17-21)24-18-19-27(36)23-9-3-2-8-22(23)24/h2-5,7-11,13-19,28,30,36H,6,12,33H2,1H3,(H,34,38)(H,35,37)/b13-7+/t28-,30-/m0/s1. The van der Waals surface area contributed by atoms with Gasteiger partial charge in [0.15, 0.2) is 6.10 Å². The summed E-state index contributed by atoms with van der Waals surface area (Å²) in [6.45, 7) is 0. The summed E-state index contributed by atoms with van der Waals surface area (Å²) >= 11 is 3.38. The van der Waals surface area contributed by atoms with E-state index in [1.165, 1.54) is 6.08 Å². The molecule has 0 radical (unpaired) electrons. The van der Waals surface area contributed by atoms with Gasteiger partial charge in [-0.05, 0) is 66.8 Å². The van der Waals surface area contributed by atoms with E-state index in [1.807, 2.05) is 30.3 Å². The lowest BCUT2D eigenvalue weighted by molar-refractivity contribution is -0.111. The van der Waals surface area contributed by atoms with Gasteiger partial charge in [-0.25, -0.2) is 4.79 Å². The van der Waals surface area contributed by atoms with E-state index in [0.29, 0.717) is 40.9 Å². The summed E-state index contributed by atoms with van der Waals surface area (Å²) in [4.78, 5) is 25.4. The lowest BCUT2D eigenvalue weighted by Gasteiger charge is -2.27. The fourth-order valence-electron chi connectivity index (χ4n) is 4.32. The van der Waals surface area contributed by atoms with Crippen LogP contribution in [0.25, 0.3) is 10.8 Å². The van der Waals surface area contributed by atoms with Gasteiger partial charge in [0.05, 0.1) is 17.5 Å². The number of hydrogen-bond donors (Lipinski definition) is 4. The topological polar surface area (TPSA) is 123 Å². The number of para-hydroxylation sites is 2. The van der Waals surface area contributed by atoms with Crippen LogP contribution in [-0.2, 0) is 14.3 Å². The van der Waals surface area contributed by atoms with Gasteiger partial charge in [0.2, 0.25) is 5.91 Å². The lowest BCUT2D eigenvalue weighted by Crippen LogP contribution is -2.28. The number of amides is 2. The van der Waals surface area contributed by atoms with Gasteiger partial charge < -0.3 is 25.6 Å². The molecule has 0 saturated carbocycles. The zero-order chi connectivity index (χ0) is 28.5. The first kappa shape index (κ1) is 28.7. The Balaban J connectivity index is 1.52. The molecule has 0 unspecified atom stereocenters. The number of carbonyl (C=O) groups excluding carboxylic acids is 2. The van der Waals surface area contributed by atoms with Gasteiger partial charge in [-0.2, -0.15) is 0 Å². The molecule has 0 fully saturated rings. The van der Waals surface area contributed by atoms with Crippen LogP contribution in [0.4, 0.5) is 21.9 Å². The summed E-state index contributed by atoms with van der Waals surface area (Å²) in [6.07, 6.45) is 2.07. The number of benzene rings is 4. The number of ether oxygens (including phenoxy) is 2. The number of nitrogens with one attached hydrogen (secondary N) is 2. The van der Waals surface area contributed by atoms with Crippen LogP contribution in [-0.4, -0.2) is 30.3 Å². The summed E-state index contributed by atoms with van der Waals surface area (Å²) in [5.74, 6) is -0.183. The first-order valence-corrected chi connectivity index (χ1v) is 13.4. The molecule has 4 aromatic rings. The third-order valence-corrected chi connectivity index (χ3v) is 6.84. The number of phenolic OH excluding ortho intramolecular Hbond substituents is 1. The molecule has 9 heteroatoms. The van der Waals surface area contributed by atoms with Crippen LogP contribution >= 0.6 is 15.9 Å². The van der Waals surface area contributed by atoms with Crippen molar-refractivity contribution in [2.24, 2.45) is 0 Å². The molecule has 0 aromatic heterocycles. The van der Waals surface area contributed by atoms with Crippen molar-refractivity contribution in [1.29, 1.82) is 0 Å². The van der Waals surface area contributed by atoms with Crippen LogP contribution in [0.2, 0.25) is 0 Å². The number of rotatable bonds is 10. The van der Waals surface area contributed by atoms with E-state index in [1.54, 1.807) is 67.8 Å². The molecule has 0 aliphatic heterocycles. The summed E-state index contributed by atoms with van der Waals surface area (Å²) in [7, 11) is 1.55. The summed E-state index contributed by atoms with van der Waals surface area (Å²) in [6, 6.07) is 24.8. The Morgan fingerprint density at radius 1 is 0.950 bits per heavy atom. The minimum Gasteiger partial charge on any atom is -0.507 e. The molecule has 4 rings (SSSR count). The number of anilines is 3. The van der Waals surface area contributed by atoms with Crippen molar-refractivity contribution in [1.82, 2.24) is 0 Å². The van der Waals surface area contributed by atoms with Crippen LogP contribution in [0.1, 0.15) is 24.5 Å². The summed E-state index contributed by atoms with van der Waals surface area (Å²) in [5.41, 5.74) is 8.17. The Morgan fingerprint density at radius 2 is 1.65 bits per heavy atom. The van der Waals surface area contributed by atoms with E-state index in [0.717, 1.165) is 9.86 Å². The average molecular weight is 605 g/mol. The Hall–Kier alpha value is -4.34. The van der Waals surface area contributed by atoms with Crippen molar-refractivity contribution >= 4 is 55.8 Å². The minimum atomic E-state index is -0.808. The molecule has 2 atom stereocenters. The predicted octanol–water partition coefficient (Wildman–Crippen LogP) is 7.17. The normalized spacial score (nSPS) is 12.7. The fourth-order valence-corrected chi connectivity index (χ4v) is 4.58. The molecular weight excluding hydrogens is 574 g/mol. The average Bonchev–Trinajstić information content (AvgIpc) is 2.95. The van der Waals surface area contributed by atoms with Gasteiger partial charge in [-0.15, -0.1) is 0 Å². The molecule has 0 heterocycles. The van der Waals surface area contributed by atoms with Crippen molar-refractivity contribution < 1.29 is 24.2 Å². The van der Waals surface area contributed by atoms with Crippen molar-refractivity contribution in [2.75, 3.05) is 23.5 Å². The molecule has 8 nitrogen and oxygen atoms in total. The van der Waals surface area contributed by atoms with Gasteiger partial charge in [0.1, 0.15) is 5.75 Å². The first-order valence-electron chi connectivity index (χ1n) is 12.6. The largest absolute Gasteiger partial charge is 0.507 e. The number of aromatic hydroxyl groups is 1. The van der Waals surface area contributed by atoms with Crippen LogP contribution in [0.5, 0.6) is 5.75 Å². The van der Waals surface area contributed by atoms with E-state index in [2.05, 4.69) is 26.6 Å². The third-order valence-electron chi connectivity index (χ3n) is 6.31. The van der Waals surface area contributed by atoms with Crippen molar-refractivity contribution in [3.8, 4) is 5.75 Å². The van der Waals surface area contributed by atoms with E-state index in [4.69, 9.17) is 15.2 Å². The Labute approximate surface area is 240 Å². The summed E-state index contributed by atoms with van der Waals surface area (Å²) < 4.78 is 12.6. The second-order valence-electron chi connectivity index (χ2n) is 9.01. The second-order valence-corrected chi connectivity index (χ2v) is 9.92. The van der Waals surface area contributed by atoms with Gasteiger partial charge in [-0.1, -0.05) is 64.5 Å². The number of phenols is 1. The van der Waals surface area contributed by atoms with Crippen LogP contribution in [0.15, 0.2) is 102 Å². The Kier molecular flexibility index (Phi) is 9.77. The number of nitrogen functional groups attached to an aromatic ring is 1. The monoisotopic (exact) mass is 603 g/mol. The fraction of sp³-hybridized carbons (Fsp3) is 0.161. The van der Waals surface area contributed by atoms with Crippen LogP contribution < -0.4 is 16.4 Å². The summed E-state index contributed by atoms with van der Waals surface area (Å²) in [5, 5.41) is 17.3. The Bertz CT molecular complexity index is 1510. The molecule has 2 amide bonds. The number of carbonyl (C=O) groups is 2. The number of allylic oxidation sites excluding steroid dienone is 1. The Morgan fingerprint density at radius 3 is 2.38 bits per heavy atom. The molecule has 0 saturated heterocycles. The molecule has 40 heavy (non-hydrogen) atoms. The van der Waals surface area contributed by atoms with Crippen molar-refractivity contribution in [3.05, 3.63) is 107 Å². The molecular formula is C31H30BrN3O5. The van der Waals surface area contributed by atoms with E-state index >= 15 is 0 Å². The second kappa shape index (κ2) is 13.6. The number of nitrogens with two attached hydrogens (primary N) is 1. The SMILES string of the molecule is CO[C@@H](CC/C=C/C(=O)Nc1ccccc1N)[C@@H](OC(=O)Nc1ccc(Br)cc1)c1ccc(O)c2ccccc12. The molecule has 0 aliphatic rings. The molecule has 4 aromatic carbocycles. The van der Waals surface area contributed by atoms with Crippen molar-refractivity contribution in [2.45, 2.75) is 25.0 Å². The maximum Gasteiger partial charge on any atom is 0.412 e. The number of fused-ring (bicyclic) bond motifs is 1. The van der Waals surface area contributed by atoms with E-state index in [-0.39, 0.29) is 11.7 Å². The smallest absolute Gasteiger partial charge is 0.412 e. The quantitative estimate of drug-likeness (QED) is 0.112. The molecule has 5 N–H and O–H groups in total. The van der Waals surface area contributed by atoms with E-state index < -0.39 is 18.3 Å². The van der Waals surface area contributed by atoms with Crippen LogP contribution in [0.3, 0.4) is 0 Å². The highest BCUT2D eigenvalue weighted by Gasteiger charge is 2.29. The van der Waals surface area contributed by atoms with E-state index in [9.17, 15) is 14.7 Å². The molecule has 206 valence electrons. The zero-order valence-electron chi connectivity index (χ0n) is 21.8. The highest BCUT2D eigenvalue weighted by atomic mass is 79.9.